The van der Waals surface area contributed by atoms with Crippen molar-refractivity contribution in [2.45, 2.75) is 6.42 Å². The Morgan fingerprint density at radius 1 is 1.43 bits per heavy atom. The van der Waals surface area contributed by atoms with Crippen LogP contribution in [0.25, 0.3) is 11.0 Å². The summed E-state index contributed by atoms with van der Waals surface area (Å²) in [5.74, 6) is -1.16. The van der Waals surface area contributed by atoms with Crippen molar-refractivity contribution < 1.29 is 14.7 Å². The third-order valence-electron chi connectivity index (χ3n) is 3.30. The van der Waals surface area contributed by atoms with E-state index in [4.69, 9.17) is 0 Å². The van der Waals surface area contributed by atoms with Gasteiger partial charge in [-0.05, 0) is 0 Å². The molecule has 0 aromatic carbocycles. The molecule has 0 aliphatic heterocycles. The Bertz CT molecular complexity index is 694. The van der Waals surface area contributed by atoms with E-state index in [1.165, 1.54) is 6.20 Å². The maximum Gasteiger partial charge on any atom is 0.339 e. The molecule has 0 aliphatic carbocycles. The van der Waals surface area contributed by atoms with Crippen molar-refractivity contribution in [3.05, 3.63) is 18.0 Å². The Morgan fingerprint density at radius 3 is 2.76 bits per heavy atom. The topological polar surface area (TPSA) is 100 Å². The van der Waals surface area contributed by atoms with Crippen LogP contribution in [-0.4, -0.2) is 52.4 Å². The van der Waals surface area contributed by atoms with E-state index in [9.17, 15) is 14.7 Å². The zero-order valence-electron chi connectivity index (χ0n) is 12.1. The van der Waals surface area contributed by atoms with E-state index < -0.39 is 5.97 Å². The molecule has 0 bridgehead atoms. The van der Waals surface area contributed by atoms with Gasteiger partial charge in [-0.25, -0.2) is 9.78 Å². The van der Waals surface area contributed by atoms with Crippen molar-refractivity contribution in [1.82, 2.24) is 20.1 Å². The number of rotatable bonds is 5. The molecule has 0 radical (unpaired) electrons. The fourth-order valence-electron chi connectivity index (χ4n) is 2.16. The van der Waals surface area contributed by atoms with Crippen molar-refractivity contribution in [1.29, 1.82) is 0 Å². The Morgan fingerprint density at radius 2 is 2.14 bits per heavy atom. The number of nitrogens with one attached hydrogen (secondary N) is 1. The van der Waals surface area contributed by atoms with Crippen molar-refractivity contribution in [3.8, 4) is 0 Å². The van der Waals surface area contributed by atoms with Crippen LogP contribution in [0, 0.1) is 0 Å². The quantitative estimate of drug-likeness (QED) is 0.818. The van der Waals surface area contributed by atoms with Gasteiger partial charge in [0.25, 0.3) is 0 Å². The molecule has 0 spiro atoms. The minimum absolute atomic E-state index is 0.0925. The second kappa shape index (κ2) is 5.78. The van der Waals surface area contributed by atoms with E-state index in [1.54, 1.807) is 36.9 Å². The second-order valence-electron chi connectivity index (χ2n) is 4.68. The summed E-state index contributed by atoms with van der Waals surface area (Å²) in [5.41, 5.74) is 1.21. The van der Waals surface area contributed by atoms with Crippen LogP contribution in [0.4, 0.5) is 5.69 Å². The third kappa shape index (κ3) is 2.78. The van der Waals surface area contributed by atoms with Gasteiger partial charge in [-0.1, -0.05) is 0 Å². The first-order valence-corrected chi connectivity index (χ1v) is 6.41. The van der Waals surface area contributed by atoms with Crippen LogP contribution in [0.3, 0.4) is 0 Å². The number of aryl methyl sites for hydroxylation is 1. The average molecular weight is 291 g/mol. The fourth-order valence-corrected chi connectivity index (χ4v) is 2.16. The van der Waals surface area contributed by atoms with Gasteiger partial charge in [-0.3, -0.25) is 9.48 Å². The highest BCUT2D eigenvalue weighted by atomic mass is 16.4. The predicted octanol–water partition coefficient (Wildman–Crippen LogP) is 0.239. The van der Waals surface area contributed by atoms with Gasteiger partial charge in [0.05, 0.1) is 17.3 Å². The summed E-state index contributed by atoms with van der Waals surface area (Å²) >= 11 is 0. The van der Waals surface area contributed by atoms with Crippen LogP contribution < -0.4 is 10.2 Å². The first-order chi connectivity index (χ1) is 9.95. The number of carboxylic acid groups (broad SMARTS) is 1. The zero-order chi connectivity index (χ0) is 15.6. The number of hydrogen-bond acceptors (Lipinski definition) is 5. The minimum atomic E-state index is -1.06. The van der Waals surface area contributed by atoms with E-state index in [-0.39, 0.29) is 17.9 Å². The number of aromatic carboxylic acids is 1. The molecule has 8 nitrogen and oxygen atoms in total. The molecule has 21 heavy (non-hydrogen) atoms. The van der Waals surface area contributed by atoms with Crippen LogP contribution in [0.2, 0.25) is 0 Å². The van der Waals surface area contributed by atoms with E-state index in [2.05, 4.69) is 15.4 Å². The molecule has 0 saturated carbocycles. The maximum atomic E-state index is 11.4. The van der Waals surface area contributed by atoms with Gasteiger partial charge >= 0.3 is 5.97 Å². The van der Waals surface area contributed by atoms with Crippen LogP contribution in [0.1, 0.15) is 16.8 Å². The molecule has 112 valence electrons. The van der Waals surface area contributed by atoms with Gasteiger partial charge in [0.2, 0.25) is 5.91 Å². The van der Waals surface area contributed by atoms with Crippen LogP contribution in [0.5, 0.6) is 0 Å². The highest BCUT2D eigenvalue weighted by Crippen LogP contribution is 2.28. The summed E-state index contributed by atoms with van der Waals surface area (Å²) in [4.78, 5) is 28.6. The molecule has 0 unspecified atom stereocenters. The van der Waals surface area contributed by atoms with Gasteiger partial charge in [0.1, 0.15) is 5.56 Å². The van der Waals surface area contributed by atoms with Crippen LogP contribution >= 0.6 is 0 Å². The molecule has 2 aromatic heterocycles. The number of aromatic nitrogens is 3. The first-order valence-electron chi connectivity index (χ1n) is 6.41. The molecule has 2 aromatic rings. The molecule has 2 N–H and O–H groups in total. The molecular formula is C13H17N5O3. The van der Waals surface area contributed by atoms with Crippen LogP contribution in [0.15, 0.2) is 12.4 Å². The van der Waals surface area contributed by atoms with Crippen LogP contribution in [-0.2, 0) is 11.8 Å². The van der Waals surface area contributed by atoms with Gasteiger partial charge in [0, 0.05) is 40.3 Å². The summed E-state index contributed by atoms with van der Waals surface area (Å²) < 4.78 is 1.58. The molecule has 8 heteroatoms. The maximum absolute atomic E-state index is 11.4. The Labute approximate surface area is 121 Å². The lowest BCUT2D eigenvalue weighted by Gasteiger charge is -2.21. The summed E-state index contributed by atoms with van der Waals surface area (Å²) in [7, 11) is 5.05. The highest BCUT2D eigenvalue weighted by molar-refractivity contribution is 6.03. The zero-order valence-corrected chi connectivity index (χ0v) is 12.1. The summed E-state index contributed by atoms with van der Waals surface area (Å²) in [6.07, 6.45) is 3.18. The SMILES string of the molecule is CNC(=O)CCN(C)c1c(C(=O)O)cnc2c1cnn2C. The molecule has 0 saturated heterocycles. The predicted molar refractivity (Wildman–Crippen MR) is 77.4 cm³/mol. The Kier molecular flexibility index (Phi) is 4.06. The number of carboxylic acids is 1. The monoisotopic (exact) mass is 291 g/mol. The third-order valence-corrected chi connectivity index (χ3v) is 3.30. The van der Waals surface area contributed by atoms with Crippen molar-refractivity contribution in [3.63, 3.8) is 0 Å². The average Bonchev–Trinajstić information content (AvgIpc) is 2.84. The number of fused-ring (bicyclic) bond motifs is 1. The number of anilines is 1. The largest absolute Gasteiger partial charge is 0.478 e. The standard InChI is InChI=1S/C13H17N5O3/c1-14-10(19)4-5-17(2)11-8-7-16-18(3)12(8)15-6-9(11)13(20)21/h6-7H,4-5H2,1-3H3,(H,14,19)(H,20,21). The number of carbonyl (C=O) groups is 2. The lowest BCUT2D eigenvalue weighted by Crippen LogP contribution is -2.27. The summed E-state index contributed by atoms with van der Waals surface area (Å²) in [6.45, 7) is 0.397. The molecule has 2 rings (SSSR count). The molecule has 1 amide bonds. The smallest absolute Gasteiger partial charge is 0.339 e. The number of nitrogens with zero attached hydrogens (tertiary/aromatic N) is 4. The lowest BCUT2D eigenvalue weighted by atomic mass is 10.1. The second-order valence-corrected chi connectivity index (χ2v) is 4.68. The molecule has 0 fully saturated rings. The van der Waals surface area contributed by atoms with E-state index in [0.29, 0.717) is 23.3 Å². The summed E-state index contributed by atoms with van der Waals surface area (Å²) in [5, 5.41) is 16.6. The molecule has 2 heterocycles. The van der Waals surface area contributed by atoms with Crippen molar-refractivity contribution >= 4 is 28.6 Å². The molecule has 0 aliphatic rings. The molecular weight excluding hydrogens is 274 g/mol. The van der Waals surface area contributed by atoms with E-state index in [0.717, 1.165) is 0 Å². The first kappa shape index (κ1) is 14.8. The van der Waals surface area contributed by atoms with Crippen molar-refractivity contribution in [2.75, 3.05) is 25.5 Å². The lowest BCUT2D eigenvalue weighted by molar-refractivity contribution is -0.120. The van der Waals surface area contributed by atoms with E-state index in [1.807, 2.05) is 0 Å². The number of hydrogen-bond donors (Lipinski definition) is 2. The Balaban J connectivity index is 2.45. The van der Waals surface area contributed by atoms with Gasteiger partial charge in [0.15, 0.2) is 5.65 Å². The van der Waals surface area contributed by atoms with Gasteiger partial charge in [-0.15, -0.1) is 0 Å². The number of pyridine rings is 1. The normalized spacial score (nSPS) is 10.6. The fraction of sp³-hybridized carbons (Fsp3) is 0.385. The van der Waals surface area contributed by atoms with Gasteiger partial charge < -0.3 is 15.3 Å². The van der Waals surface area contributed by atoms with Gasteiger partial charge in [-0.2, -0.15) is 5.10 Å². The summed E-state index contributed by atoms with van der Waals surface area (Å²) in [6, 6.07) is 0. The molecule has 0 atom stereocenters. The van der Waals surface area contributed by atoms with E-state index >= 15 is 0 Å². The highest BCUT2D eigenvalue weighted by Gasteiger charge is 2.20. The number of amides is 1. The minimum Gasteiger partial charge on any atom is -0.478 e. The van der Waals surface area contributed by atoms with Crippen molar-refractivity contribution in [2.24, 2.45) is 7.05 Å². The number of carbonyl (C=O) groups excluding carboxylic acids is 1. The Hall–Kier alpha value is -2.64.